The number of carbonyl (C=O) groups excluding carboxylic acids is 1. The molecular weight excluding hydrogens is 488 g/mol. The molecule has 3 heterocycles. The molecule has 0 radical (unpaired) electrons. The van der Waals surface area contributed by atoms with Gasteiger partial charge in [-0.1, -0.05) is 23.7 Å². The fourth-order valence-electron chi connectivity index (χ4n) is 3.91. The topological polar surface area (TPSA) is 111 Å². The Morgan fingerprint density at radius 1 is 1.17 bits per heavy atom. The number of hydrogen-bond donors (Lipinski definition) is 2. The Morgan fingerprint density at radius 3 is 2.71 bits per heavy atom. The summed E-state index contributed by atoms with van der Waals surface area (Å²) in [5.41, 5.74) is 1.69. The number of halogens is 1. The maximum atomic E-state index is 13.5. The number of anilines is 2. The van der Waals surface area contributed by atoms with Gasteiger partial charge in [0, 0.05) is 30.0 Å². The van der Waals surface area contributed by atoms with Gasteiger partial charge in [-0.05, 0) is 55.7 Å². The second-order valence-electron chi connectivity index (χ2n) is 8.29. The van der Waals surface area contributed by atoms with E-state index in [9.17, 15) is 9.59 Å². The van der Waals surface area contributed by atoms with Crippen LogP contribution in [0.15, 0.2) is 47.3 Å². The maximum Gasteiger partial charge on any atom is 0.287 e. The van der Waals surface area contributed by atoms with Gasteiger partial charge >= 0.3 is 0 Å². The summed E-state index contributed by atoms with van der Waals surface area (Å²) in [6, 6.07) is 12.8. The number of thiazole rings is 1. The van der Waals surface area contributed by atoms with Crippen LogP contribution in [0.1, 0.15) is 33.9 Å². The van der Waals surface area contributed by atoms with E-state index in [1.54, 1.807) is 23.5 Å². The standard InChI is InChI=1S/C24H23ClN6O3S/c1-14-26-19-7-6-18(12-20(19)35-14)28-24-30-29-21(22(32)27-17-8-10-34-11-9-17)23(33)31(24)13-15-2-4-16(25)5-3-15/h2-7,12,17H,8-11,13H2,1H3,(H,27,32)(H,28,30). The summed E-state index contributed by atoms with van der Waals surface area (Å²) in [5, 5.41) is 15.9. The Morgan fingerprint density at radius 2 is 1.94 bits per heavy atom. The highest BCUT2D eigenvalue weighted by molar-refractivity contribution is 7.18. The van der Waals surface area contributed by atoms with E-state index in [4.69, 9.17) is 16.3 Å². The first kappa shape index (κ1) is 23.4. The van der Waals surface area contributed by atoms with Gasteiger partial charge in [-0.3, -0.25) is 14.2 Å². The van der Waals surface area contributed by atoms with E-state index in [-0.39, 0.29) is 24.2 Å². The summed E-state index contributed by atoms with van der Waals surface area (Å²) >= 11 is 7.61. The number of carbonyl (C=O) groups is 1. The van der Waals surface area contributed by atoms with E-state index < -0.39 is 11.5 Å². The summed E-state index contributed by atoms with van der Waals surface area (Å²) in [5.74, 6) is -0.305. The highest BCUT2D eigenvalue weighted by Gasteiger charge is 2.23. The van der Waals surface area contributed by atoms with Gasteiger partial charge in [0.15, 0.2) is 0 Å². The van der Waals surface area contributed by atoms with Crippen LogP contribution >= 0.6 is 22.9 Å². The fourth-order valence-corrected chi connectivity index (χ4v) is 4.91. The minimum atomic E-state index is -0.535. The minimum Gasteiger partial charge on any atom is -0.381 e. The lowest BCUT2D eigenvalue weighted by Crippen LogP contribution is -2.43. The maximum absolute atomic E-state index is 13.5. The van der Waals surface area contributed by atoms with Gasteiger partial charge in [0.05, 0.1) is 21.8 Å². The number of ether oxygens (including phenoxy) is 1. The molecule has 1 amide bonds. The van der Waals surface area contributed by atoms with Crippen LogP contribution in [0.4, 0.5) is 11.6 Å². The molecular formula is C24H23ClN6O3S. The number of benzene rings is 2. The lowest BCUT2D eigenvalue weighted by molar-refractivity contribution is 0.0692. The highest BCUT2D eigenvalue weighted by Crippen LogP contribution is 2.26. The third kappa shape index (κ3) is 5.34. The average Bonchev–Trinajstić information content (AvgIpc) is 3.22. The quantitative estimate of drug-likeness (QED) is 0.404. The van der Waals surface area contributed by atoms with Gasteiger partial charge in [-0.2, -0.15) is 0 Å². The first-order chi connectivity index (χ1) is 17.0. The number of aromatic nitrogens is 4. The Labute approximate surface area is 210 Å². The minimum absolute atomic E-state index is 0.0606. The summed E-state index contributed by atoms with van der Waals surface area (Å²) in [4.78, 5) is 30.8. The molecule has 0 unspecified atom stereocenters. The van der Waals surface area contributed by atoms with E-state index >= 15 is 0 Å². The Bertz CT molecular complexity index is 1430. The van der Waals surface area contributed by atoms with Crippen molar-refractivity contribution in [3.05, 3.63) is 74.1 Å². The smallest absolute Gasteiger partial charge is 0.287 e. The van der Waals surface area contributed by atoms with Crippen molar-refractivity contribution in [3.8, 4) is 0 Å². The van der Waals surface area contributed by atoms with E-state index in [1.807, 2.05) is 37.3 Å². The molecule has 0 spiro atoms. The molecule has 5 rings (SSSR count). The van der Waals surface area contributed by atoms with E-state index in [1.165, 1.54) is 4.57 Å². The molecule has 0 atom stereocenters. The number of aryl methyl sites for hydroxylation is 1. The lowest BCUT2D eigenvalue weighted by atomic mass is 10.1. The van der Waals surface area contributed by atoms with Gasteiger partial charge in [-0.25, -0.2) is 4.98 Å². The van der Waals surface area contributed by atoms with Crippen molar-refractivity contribution >= 4 is 50.7 Å². The summed E-state index contributed by atoms with van der Waals surface area (Å²) in [6.45, 7) is 3.29. The predicted octanol–water partition coefficient (Wildman–Crippen LogP) is 3.91. The molecule has 1 fully saturated rings. The summed E-state index contributed by atoms with van der Waals surface area (Å²) in [6.07, 6.45) is 1.38. The van der Waals surface area contributed by atoms with Crippen LogP contribution in [-0.4, -0.2) is 44.9 Å². The van der Waals surface area contributed by atoms with Crippen molar-refractivity contribution in [2.45, 2.75) is 32.4 Å². The molecule has 0 bridgehead atoms. The SMILES string of the molecule is Cc1nc2ccc(Nc3nnc(C(=O)NC4CCOCC4)c(=O)n3Cc3ccc(Cl)cc3)cc2s1. The third-order valence-corrected chi connectivity index (χ3v) is 6.91. The van der Waals surface area contributed by atoms with Gasteiger partial charge in [0.1, 0.15) is 0 Å². The lowest BCUT2D eigenvalue weighted by Gasteiger charge is -2.22. The van der Waals surface area contributed by atoms with Crippen molar-refractivity contribution in [2.24, 2.45) is 0 Å². The number of nitrogens with one attached hydrogen (secondary N) is 2. The van der Waals surface area contributed by atoms with Crippen LogP contribution in [0, 0.1) is 6.92 Å². The van der Waals surface area contributed by atoms with E-state index in [0.29, 0.717) is 31.1 Å². The van der Waals surface area contributed by atoms with Crippen molar-refractivity contribution in [3.63, 3.8) is 0 Å². The molecule has 2 N–H and O–H groups in total. The molecule has 0 aliphatic carbocycles. The zero-order valence-corrected chi connectivity index (χ0v) is 20.5. The summed E-state index contributed by atoms with van der Waals surface area (Å²) < 4.78 is 7.77. The van der Waals surface area contributed by atoms with E-state index in [2.05, 4.69) is 25.8 Å². The third-order valence-electron chi connectivity index (χ3n) is 5.73. The van der Waals surface area contributed by atoms with Crippen LogP contribution in [0.3, 0.4) is 0 Å². The monoisotopic (exact) mass is 510 g/mol. The van der Waals surface area contributed by atoms with Crippen LogP contribution in [-0.2, 0) is 11.3 Å². The normalized spacial score (nSPS) is 14.2. The summed E-state index contributed by atoms with van der Waals surface area (Å²) in [7, 11) is 0. The highest BCUT2D eigenvalue weighted by atomic mass is 35.5. The van der Waals surface area contributed by atoms with Crippen molar-refractivity contribution in [2.75, 3.05) is 18.5 Å². The first-order valence-electron chi connectivity index (χ1n) is 11.2. The van der Waals surface area contributed by atoms with Crippen LogP contribution < -0.4 is 16.2 Å². The fraction of sp³-hybridized carbons (Fsp3) is 0.292. The Balaban J connectivity index is 1.49. The molecule has 2 aromatic heterocycles. The molecule has 1 aliphatic heterocycles. The van der Waals surface area contributed by atoms with Crippen LogP contribution in [0.2, 0.25) is 5.02 Å². The van der Waals surface area contributed by atoms with Crippen molar-refractivity contribution < 1.29 is 9.53 Å². The zero-order chi connectivity index (χ0) is 24.4. The van der Waals surface area contributed by atoms with Crippen LogP contribution in [0.25, 0.3) is 10.2 Å². The molecule has 35 heavy (non-hydrogen) atoms. The second kappa shape index (κ2) is 10.1. The number of nitrogens with zero attached hydrogens (tertiary/aromatic N) is 4. The van der Waals surface area contributed by atoms with Gasteiger partial charge in [0.2, 0.25) is 11.6 Å². The Kier molecular flexibility index (Phi) is 6.76. The average molecular weight is 511 g/mol. The number of fused-ring (bicyclic) bond motifs is 1. The van der Waals surface area contributed by atoms with Crippen molar-refractivity contribution in [1.29, 1.82) is 0 Å². The van der Waals surface area contributed by atoms with Gasteiger partial charge < -0.3 is 15.4 Å². The first-order valence-corrected chi connectivity index (χ1v) is 12.4. The molecule has 11 heteroatoms. The number of hydrogen-bond acceptors (Lipinski definition) is 8. The van der Waals surface area contributed by atoms with E-state index in [0.717, 1.165) is 26.5 Å². The molecule has 2 aromatic carbocycles. The largest absolute Gasteiger partial charge is 0.381 e. The molecule has 0 saturated carbocycles. The van der Waals surface area contributed by atoms with Crippen molar-refractivity contribution in [1.82, 2.24) is 25.1 Å². The number of rotatable bonds is 6. The van der Waals surface area contributed by atoms with Gasteiger partial charge in [0.25, 0.3) is 11.5 Å². The zero-order valence-electron chi connectivity index (χ0n) is 19.0. The second-order valence-corrected chi connectivity index (χ2v) is 9.96. The molecule has 9 nitrogen and oxygen atoms in total. The Hall–Kier alpha value is -3.34. The number of amides is 1. The molecule has 4 aromatic rings. The molecule has 180 valence electrons. The van der Waals surface area contributed by atoms with Crippen LogP contribution in [0.5, 0.6) is 0 Å². The molecule has 1 aliphatic rings. The molecule has 1 saturated heterocycles. The predicted molar refractivity (Wildman–Crippen MR) is 136 cm³/mol. The van der Waals surface area contributed by atoms with Gasteiger partial charge in [-0.15, -0.1) is 21.5 Å².